The fourth-order valence-electron chi connectivity index (χ4n) is 6.39. The van der Waals surface area contributed by atoms with Crippen LogP contribution in [0.2, 0.25) is 0 Å². The Labute approximate surface area is 252 Å². The Kier molecular flexibility index (Phi) is 5.40. The van der Waals surface area contributed by atoms with Gasteiger partial charge in [-0.2, -0.15) is 0 Å². The van der Waals surface area contributed by atoms with E-state index in [0.717, 1.165) is 77.6 Å². The van der Waals surface area contributed by atoms with Crippen molar-refractivity contribution in [3.8, 4) is 33.6 Å². The Morgan fingerprint density at radius 1 is 0.386 bits per heavy atom. The van der Waals surface area contributed by atoms with E-state index in [2.05, 4.69) is 98.0 Å². The molecule has 9 rings (SSSR count). The predicted octanol–water partition coefficient (Wildman–Crippen LogP) is 8.79. The van der Waals surface area contributed by atoms with Crippen LogP contribution in [0.3, 0.4) is 0 Å². The fraction of sp³-hybridized carbons (Fsp3) is 0. The molecule has 0 radical (unpaired) electrons. The van der Waals surface area contributed by atoms with Crippen LogP contribution in [0.5, 0.6) is 0 Å². The van der Waals surface area contributed by atoms with Gasteiger partial charge >= 0.3 is 0 Å². The van der Waals surface area contributed by atoms with Crippen LogP contribution < -0.4 is 0 Å². The van der Waals surface area contributed by atoms with Crippen LogP contribution in [-0.2, 0) is 0 Å². The van der Waals surface area contributed by atoms with Crippen molar-refractivity contribution in [2.45, 2.75) is 0 Å². The van der Waals surface area contributed by atoms with E-state index in [1.165, 1.54) is 0 Å². The first-order chi connectivity index (χ1) is 21.8. The van der Waals surface area contributed by atoms with E-state index in [-0.39, 0.29) is 0 Å². The Bertz CT molecular complexity index is 2420. The molecule has 206 valence electrons. The summed E-state index contributed by atoms with van der Waals surface area (Å²) in [4.78, 5) is 18.7. The second-order valence-corrected chi connectivity index (χ2v) is 10.9. The van der Waals surface area contributed by atoms with Crippen LogP contribution in [-0.4, -0.2) is 29.1 Å². The van der Waals surface area contributed by atoms with Crippen molar-refractivity contribution in [2.24, 2.45) is 0 Å². The molecule has 0 N–H and O–H groups in total. The summed E-state index contributed by atoms with van der Waals surface area (Å²) < 4.78 is 4.61. The third-order valence-corrected chi connectivity index (χ3v) is 8.33. The standard InChI is InChI=1S/C38H24N6/c1-2-7-29(8-3-1)43-32-10-5-4-9-31(32)36-34(43)24-35-38(42-36)37-33(11-6-16-41-37)44(35)30-22-27(25-12-17-39-18-13-25)21-28(23-30)26-14-19-40-20-15-26/h1-24H. The van der Waals surface area contributed by atoms with Gasteiger partial charge in [-0.1, -0.05) is 36.4 Å². The second kappa shape index (κ2) is 9.71. The number of rotatable bonds is 4. The average Bonchev–Trinajstić information content (AvgIpc) is 3.60. The molecule has 0 atom stereocenters. The van der Waals surface area contributed by atoms with Gasteiger partial charge in [-0.05, 0) is 101 Å². The van der Waals surface area contributed by atoms with E-state index in [4.69, 9.17) is 9.97 Å². The summed E-state index contributed by atoms with van der Waals surface area (Å²) in [7, 11) is 0. The number of para-hydroxylation sites is 2. The molecular formula is C38H24N6. The zero-order valence-corrected chi connectivity index (χ0v) is 23.5. The molecule has 44 heavy (non-hydrogen) atoms. The van der Waals surface area contributed by atoms with Crippen molar-refractivity contribution in [3.63, 3.8) is 0 Å². The number of aromatic nitrogens is 6. The topological polar surface area (TPSA) is 61.4 Å². The van der Waals surface area contributed by atoms with Crippen molar-refractivity contribution >= 4 is 44.0 Å². The second-order valence-electron chi connectivity index (χ2n) is 10.9. The normalized spacial score (nSPS) is 11.6. The molecule has 0 fully saturated rings. The van der Waals surface area contributed by atoms with Gasteiger partial charge in [-0.3, -0.25) is 15.0 Å². The van der Waals surface area contributed by atoms with Crippen LogP contribution in [0.15, 0.2) is 146 Å². The maximum absolute atomic E-state index is 5.37. The third-order valence-electron chi connectivity index (χ3n) is 8.33. The molecule has 0 aliphatic heterocycles. The highest BCUT2D eigenvalue weighted by molar-refractivity contribution is 6.14. The molecule has 6 heterocycles. The molecule has 6 heteroatoms. The van der Waals surface area contributed by atoms with Gasteiger partial charge in [0.25, 0.3) is 0 Å². The minimum Gasteiger partial charge on any atom is -0.308 e. The van der Waals surface area contributed by atoms with Crippen molar-refractivity contribution in [1.29, 1.82) is 0 Å². The van der Waals surface area contributed by atoms with Crippen LogP contribution in [0.4, 0.5) is 0 Å². The van der Waals surface area contributed by atoms with Gasteiger partial charge in [0.15, 0.2) is 0 Å². The monoisotopic (exact) mass is 564 g/mol. The maximum Gasteiger partial charge on any atom is 0.116 e. The van der Waals surface area contributed by atoms with Crippen LogP contribution in [0.25, 0.3) is 77.6 Å². The summed E-state index contributed by atoms with van der Waals surface area (Å²) in [5.41, 5.74) is 13.4. The molecular weight excluding hydrogens is 540 g/mol. The summed E-state index contributed by atoms with van der Waals surface area (Å²) in [5, 5.41) is 1.12. The van der Waals surface area contributed by atoms with Crippen molar-refractivity contribution in [1.82, 2.24) is 29.1 Å². The van der Waals surface area contributed by atoms with Crippen molar-refractivity contribution < 1.29 is 0 Å². The van der Waals surface area contributed by atoms with Gasteiger partial charge in [0.05, 0.1) is 27.6 Å². The molecule has 0 amide bonds. The van der Waals surface area contributed by atoms with E-state index in [1.807, 2.05) is 67.4 Å². The summed E-state index contributed by atoms with van der Waals surface area (Å²) in [6.45, 7) is 0. The van der Waals surface area contributed by atoms with Gasteiger partial charge in [0.1, 0.15) is 11.0 Å². The highest BCUT2D eigenvalue weighted by atomic mass is 15.0. The van der Waals surface area contributed by atoms with Crippen LogP contribution in [0.1, 0.15) is 0 Å². The van der Waals surface area contributed by atoms with Crippen molar-refractivity contribution in [3.05, 3.63) is 146 Å². The molecule has 3 aromatic carbocycles. The summed E-state index contributed by atoms with van der Waals surface area (Å²) in [5.74, 6) is 0. The van der Waals surface area contributed by atoms with E-state index < -0.39 is 0 Å². The Balaban J connectivity index is 1.41. The summed E-state index contributed by atoms with van der Waals surface area (Å²) in [6, 6.07) is 40.3. The lowest BCUT2D eigenvalue weighted by atomic mass is 9.99. The van der Waals surface area contributed by atoms with Gasteiger partial charge in [0.2, 0.25) is 0 Å². The number of pyridine rings is 4. The molecule has 0 aliphatic rings. The smallest absolute Gasteiger partial charge is 0.116 e. The van der Waals surface area contributed by atoms with E-state index in [0.29, 0.717) is 0 Å². The predicted molar refractivity (Wildman–Crippen MR) is 177 cm³/mol. The highest BCUT2D eigenvalue weighted by Crippen LogP contribution is 2.38. The average molecular weight is 565 g/mol. The van der Waals surface area contributed by atoms with Gasteiger partial charge in [-0.25, -0.2) is 4.98 Å². The molecule has 0 unspecified atom stereocenters. The Morgan fingerprint density at radius 2 is 1.00 bits per heavy atom. The molecule has 0 bridgehead atoms. The highest BCUT2D eigenvalue weighted by Gasteiger charge is 2.21. The third kappa shape index (κ3) is 3.75. The lowest BCUT2D eigenvalue weighted by molar-refractivity contribution is 1.16. The SMILES string of the molecule is c1ccc(-n2c3ccccc3c3nc4c5ncccc5n(-c5cc(-c6ccncc6)cc(-c6ccncc6)c5)c4cc32)cc1. The zero-order chi connectivity index (χ0) is 29.0. The molecule has 6 aromatic heterocycles. The number of benzene rings is 3. The number of fused-ring (bicyclic) bond motifs is 6. The molecule has 0 saturated carbocycles. The zero-order valence-electron chi connectivity index (χ0n) is 23.5. The summed E-state index contributed by atoms with van der Waals surface area (Å²) >= 11 is 0. The first kappa shape index (κ1) is 24.5. The molecule has 6 nitrogen and oxygen atoms in total. The van der Waals surface area contributed by atoms with Gasteiger partial charge < -0.3 is 9.13 Å². The number of nitrogens with zero attached hydrogens (tertiary/aromatic N) is 6. The molecule has 0 saturated heterocycles. The quantitative estimate of drug-likeness (QED) is 0.214. The number of hydrogen-bond donors (Lipinski definition) is 0. The minimum absolute atomic E-state index is 0.876. The summed E-state index contributed by atoms with van der Waals surface area (Å²) in [6.07, 6.45) is 9.19. The molecule has 0 spiro atoms. The van der Waals surface area contributed by atoms with E-state index >= 15 is 0 Å². The first-order valence-electron chi connectivity index (χ1n) is 14.5. The fourth-order valence-corrected chi connectivity index (χ4v) is 6.39. The Hall–Kier alpha value is -6.14. The van der Waals surface area contributed by atoms with Crippen LogP contribution in [0, 0.1) is 0 Å². The van der Waals surface area contributed by atoms with Gasteiger partial charge in [0, 0.05) is 47.7 Å². The Morgan fingerprint density at radius 3 is 1.73 bits per heavy atom. The lowest BCUT2D eigenvalue weighted by Gasteiger charge is -2.14. The van der Waals surface area contributed by atoms with E-state index in [1.54, 1.807) is 0 Å². The first-order valence-corrected chi connectivity index (χ1v) is 14.5. The number of hydrogen-bond acceptors (Lipinski definition) is 4. The molecule has 0 aliphatic carbocycles. The minimum atomic E-state index is 0.876. The van der Waals surface area contributed by atoms with Crippen molar-refractivity contribution in [2.75, 3.05) is 0 Å². The largest absolute Gasteiger partial charge is 0.308 e. The lowest BCUT2D eigenvalue weighted by Crippen LogP contribution is -1.97. The van der Waals surface area contributed by atoms with Gasteiger partial charge in [-0.15, -0.1) is 0 Å². The maximum atomic E-state index is 5.37. The molecule has 9 aromatic rings. The van der Waals surface area contributed by atoms with E-state index in [9.17, 15) is 0 Å². The van der Waals surface area contributed by atoms with Crippen LogP contribution >= 0.6 is 0 Å².